The minimum atomic E-state index is -1.63. The fourth-order valence-corrected chi connectivity index (χ4v) is 11.1. The van der Waals surface area contributed by atoms with E-state index in [1.54, 1.807) is 66.7 Å². The molecule has 0 radical (unpaired) electrons. The van der Waals surface area contributed by atoms with E-state index in [1.807, 2.05) is 106 Å². The Bertz CT molecular complexity index is 4100. The number of aryl methyl sites for hydroxylation is 5. The molecular formula is C64H65B4N3O14. The van der Waals surface area contributed by atoms with Crippen LogP contribution in [0.15, 0.2) is 185 Å². The van der Waals surface area contributed by atoms with Gasteiger partial charge in [-0.2, -0.15) is 0 Å². The van der Waals surface area contributed by atoms with E-state index >= 15 is 0 Å². The molecular weight excluding hydrogens is 1080 g/mol. The van der Waals surface area contributed by atoms with Crippen LogP contribution < -0.4 is 53.4 Å². The standard InChI is InChI=1S/C24H23B2NO6.C20H20BNO4.C20H22BNO4/c1-16-12-24(28)33-23-13-19(10-11-20(16)23)27(14-17-6-2-4-8-21(17)25(29)30)15-18-7-3-5-9-22(18)26(31)32;1-13-9-20(23)26-19-11-18-14(10-16(13)19)6-4-8-22(18)12-15-5-2-3-7-17(15)21(24)25;1-4-22(12-15-7-5-6-8-17(15)21(24)25)18-11-19-16(9-14(18)3)13(2)10-20(23)26-19/h2-13,29-32H,14-15H2,1H3;2-3,5,7,9-11,24-25H,4,6,8,12H2,1H3;5-11,24-25H,4,12H2,1-3H3. The van der Waals surface area contributed by atoms with E-state index < -0.39 is 34.1 Å². The van der Waals surface area contributed by atoms with E-state index in [4.69, 9.17) is 13.3 Å². The van der Waals surface area contributed by atoms with E-state index in [-0.39, 0.29) is 11.3 Å². The number of nitrogens with zero attached hydrogens (tertiary/aromatic N) is 3. The first-order valence-electron chi connectivity index (χ1n) is 27.9. The quantitative estimate of drug-likeness (QED) is 0.0518. The van der Waals surface area contributed by atoms with Crippen LogP contribution >= 0.6 is 0 Å². The highest BCUT2D eigenvalue weighted by Gasteiger charge is 2.25. The minimum Gasteiger partial charge on any atom is -0.423 e. The number of fused-ring (bicyclic) bond motifs is 4. The number of hydrogen-bond donors (Lipinski definition) is 8. The largest absolute Gasteiger partial charge is 0.488 e. The lowest BCUT2D eigenvalue weighted by molar-refractivity contribution is 0.424. The number of hydrogen-bond acceptors (Lipinski definition) is 17. The molecule has 4 heterocycles. The van der Waals surface area contributed by atoms with Crippen molar-refractivity contribution in [3.8, 4) is 0 Å². The van der Waals surface area contributed by atoms with Crippen LogP contribution in [0.4, 0.5) is 17.1 Å². The van der Waals surface area contributed by atoms with Crippen molar-refractivity contribution < 1.29 is 53.4 Å². The molecule has 8 N–H and O–H groups in total. The predicted molar refractivity (Wildman–Crippen MR) is 337 cm³/mol. The molecule has 17 nitrogen and oxygen atoms in total. The van der Waals surface area contributed by atoms with Crippen molar-refractivity contribution in [2.75, 3.05) is 27.8 Å². The van der Waals surface area contributed by atoms with Gasteiger partial charge in [-0.3, -0.25) is 0 Å². The van der Waals surface area contributed by atoms with E-state index in [1.165, 1.54) is 23.8 Å². The predicted octanol–water partition coefficient (Wildman–Crippen LogP) is 4.52. The van der Waals surface area contributed by atoms with Crippen LogP contribution in [0.2, 0.25) is 0 Å². The highest BCUT2D eigenvalue weighted by molar-refractivity contribution is 6.60. The Labute approximate surface area is 492 Å². The zero-order valence-electron chi connectivity index (χ0n) is 47.8. The van der Waals surface area contributed by atoms with Crippen molar-refractivity contribution in [3.05, 3.63) is 239 Å². The number of benzene rings is 7. The first kappa shape index (κ1) is 61.1. The molecule has 0 bridgehead atoms. The van der Waals surface area contributed by atoms with Crippen molar-refractivity contribution in [3.63, 3.8) is 0 Å². The summed E-state index contributed by atoms with van der Waals surface area (Å²) in [5, 5.41) is 80.4. The Hall–Kier alpha value is -8.49. The third-order valence-corrected chi connectivity index (χ3v) is 15.4. The van der Waals surface area contributed by atoms with Crippen molar-refractivity contribution >= 4 is 100 Å². The molecule has 85 heavy (non-hydrogen) atoms. The normalized spacial score (nSPS) is 11.8. The topological polar surface area (TPSA) is 262 Å². The lowest BCUT2D eigenvalue weighted by Gasteiger charge is -2.32. The minimum absolute atomic E-state index is 0.297. The van der Waals surface area contributed by atoms with Gasteiger partial charge in [-0.15, -0.1) is 0 Å². The van der Waals surface area contributed by atoms with E-state index in [9.17, 15) is 54.6 Å². The summed E-state index contributed by atoms with van der Waals surface area (Å²) in [6.45, 7) is 13.0. The van der Waals surface area contributed by atoms with Crippen LogP contribution in [0.25, 0.3) is 32.9 Å². The van der Waals surface area contributed by atoms with Gasteiger partial charge >= 0.3 is 45.4 Å². The number of rotatable bonds is 15. The smallest absolute Gasteiger partial charge is 0.423 e. The molecule has 3 aromatic heterocycles. The molecule has 1 aliphatic heterocycles. The van der Waals surface area contributed by atoms with Gasteiger partial charge in [-0.25, -0.2) is 14.4 Å². The summed E-state index contributed by atoms with van der Waals surface area (Å²) in [5.41, 5.74) is 13.0. The van der Waals surface area contributed by atoms with E-state index in [0.717, 1.165) is 92.5 Å². The first-order chi connectivity index (χ1) is 40.8. The van der Waals surface area contributed by atoms with E-state index in [0.29, 0.717) is 75.9 Å². The Morgan fingerprint density at radius 3 is 1.34 bits per heavy atom. The Morgan fingerprint density at radius 2 is 0.859 bits per heavy atom. The van der Waals surface area contributed by atoms with Crippen molar-refractivity contribution in [2.45, 2.75) is 73.6 Å². The summed E-state index contributed by atoms with van der Waals surface area (Å²) in [7, 11) is -6.27. The lowest BCUT2D eigenvalue weighted by atomic mass is 9.76. The van der Waals surface area contributed by atoms with Crippen molar-refractivity contribution in [2.24, 2.45) is 0 Å². The summed E-state index contributed by atoms with van der Waals surface area (Å²) < 4.78 is 16.2. The van der Waals surface area contributed by atoms with Crippen molar-refractivity contribution in [1.82, 2.24) is 0 Å². The molecule has 21 heteroatoms. The second kappa shape index (κ2) is 27.0. The Morgan fingerprint density at radius 1 is 0.447 bits per heavy atom. The Kier molecular flexibility index (Phi) is 19.4. The first-order valence-corrected chi connectivity index (χ1v) is 27.9. The SMILES string of the molecule is CCN(Cc1ccccc1B(O)O)c1cc2oc(=O)cc(C)c2cc1C.Cc1cc(=O)oc2cc(N(Cc3ccccc3B(O)O)Cc3ccccc3B(O)O)ccc12.Cc1cc(=O)oc2cc3c(cc12)CCCN3Cc1ccccc1B(O)O. The molecule has 432 valence electrons. The second-order valence-electron chi connectivity index (χ2n) is 21.2. The Balaban J connectivity index is 0.000000154. The third kappa shape index (κ3) is 14.4. The van der Waals surface area contributed by atoms with Gasteiger partial charge in [0.1, 0.15) is 16.7 Å². The highest BCUT2D eigenvalue weighted by atomic mass is 16.4. The van der Waals surface area contributed by atoms with Gasteiger partial charge in [0.25, 0.3) is 0 Å². The van der Waals surface area contributed by atoms with Crippen molar-refractivity contribution in [1.29, 1.82) is 0 Å². The average molecular weight is 1140 g/mol. The summed E-state index contributed by atoms with van der Waals surface area (Å²) in [6.07, 6.45) is 2.00. The highest BCUT2D eigenvalue weighted by Crippen LogP contribution is 2.34. The molecule has 0 saturated heterocycles. The zero-order valence-corrected chi connectivity index (χ0v) is 47.8. The van der Waals surface area contributed by atoms with Crippen LogP contribution in [0.5, 0.6) is 0 Å². The molecule has 0 aliphatic carbocycles. The monoisotopic (exact) mass is 1140 g/mol. The number of anilines is 3. The fraction of sp³-hybridized carbons (Fsp3) is 0.203. The molecule has 1 aliphatic rings. The summed E-state index contributed by atoms with van der Waals surface area (Å²) in [5.74, 6) is 0. The van der Waals surface area contributed by atoms with Gasteiger partial charge in [-0.05, 0) is 144 Å². The lowest BCUT2D eigenvalue weighted by Crippen LogP contribution is -2.38. The van der Waals surface area contributed by atoms with Gasteiger partial charge in [0.15, 0.2) is 0 Å². The van der Waals surface area contributed by atoms with Gasteiger partial charge < -0.3 is 68.1 Å². The summed E-state index contributed by atoms with van der Waals surface area (Å²) in [4.78, 5) is 41.6. The summed E-state index contributed by atoms with van der Waals surface area (Å²) >= 11 is 0. The van der Waals surface area contributed by atoms with Gasteiger partial charge in [0.05, 0.1) is 0 Å². The molecule has 11 rings (SSSR count). The van der Waals surface area contributed by atoms with Crippen LogP contribution in [0.3, 0.4) is 0 Å². The molecule has 0 atom stereocenters. The fourth-order valence-electron chi connectivity index (χ4n) is 11.1. The van der Waals surface area contributed by atoms with Crippen LogP contribution in [0.1, 0.15) is 63.4 Å². The van der Waals surface area contributed by atoms with Gasteiger partial charge in [0.2, 0.25) is 0 Å². The van der Waals surface area contributed by atoms with E-state index in [2.05, 4.69) is 15.9 Å². The van der Waals surface area contributed by atoms with Crippen LogP contribution in [0, 0.1) is 27.7 Å². The zero-order chi connectivity index (χ0) is 60.6. The maximum absolute atomic E-state index is 11.9. The molecule has 0 unspecified atom stereocenters. The molecule has 0 spiro atoms. The maximum atomic E-state index is 11.9. The second-order valence-corrected chi connectivity index (χ2v) is 21.2. The average Bonchev–Trinajstić information content (AvgIpc) is 2.87. The summed E-state index contributed by atoms with van der Waals surface area (Å²) in [6, 6.07) is 46.5. The maximum Gasteiger partial charge on any atom is 0.488 e. The molecule has 7 aromatic carbocycles. The molecule has 0 amide bonds. The van der Waals surface area contributed by atoms with Crippen LogP contribution in [-0.4, -0.2) is 81.8 Å². The molecule has 10 aromatic rings. The third-order valence-electron chi connectivity index (χ3n) is 15.4. The van der Waals surface area contributed by atoms with Gasteiger partial charge in [-0.1, -0.05) is 97.1 Å². The molecule has 0 fully saturated rings. The molecule has 0 saturated carbocycles. The van der Waals surface area contributed by atoms with Gasteiger partial charge in [0, 0.05) is 109 Å². The van der Waals surface area contributed by atoms with Crippen LogP contribution in [-0.2, 0) is 32.6 Å².